The number of halogens is 2. The number of piperazine rings is 1. The average Bonchev–Trinajstić information content (AvgIpc) is 3.13. The first-order valence-electron chi connectivity index (χ1n) is 7.95. The molecule has 8 heteroatoms. The van der Waals surface area contributed by atoms with E-state index in [9.17, 15) is 9.59 Å². The largest absolute Gasteiger partial charge is 0.459 e. The molecule has 25 heavy (non-hydrogen) atoms. The number of anilines is 1. The van der Waals surface area contributed by atoms with Gasteiger partial charge in [0.05, 0.1) is 48.2 Å². The lowest BCUT2D eigenvalue weighted by Gasteiger charge is -2.31. The van der Waals surface area contributed by atoms with Crippen molar-refractivity contribution in [1.82, 2.24) is 4.90 Å². The van der Waals surface area contributed by atoms with Gasteiger partial charge in [-0.05, 0) is 24.3 Å². The Labute approximate surface area is 155 Å². The molecule has 0 bridgehead atoms. The van der Waals surface area contributed by atoms with Crippen LogP contribution in [0.1, 0.15) is 10.6 Å². The fourth-order valence-corrected chi connectivity index (χ4v) is 3.13. The van der Waals surface area contributed by atoms with Crippen molar-refractivity contribution in [3.63, 3.8) is 0 Å². The van der Waals surface area contributed by atoms with E-state index in [1.54, 1.807) is 35.2 Å². The molecular weight excluding hydrogens is 365 g/mol. The molecule has 1 aromatic carbocycles. The van der Waals surface area contributed by atoms with Gasteiger partial charge in [-0.1, -0.05) is 29.3 Å². The van der Waals surface area contributed by atoms with Gasteiger partial charge in [0.25, 0.3) is 11.8 Å². The van der Waals surface area contributed by atoms with Crippen LogP contribution >= 0.6 is 23.2 Å². The number of carbonyl (C=O) groups is 2. The summed E-state index contributed by atoms with van der Waals surface area (Å²) >= 11 is 12.0. The summed E-state index contributed by atoms with van der Waals surface area (Å²) in [5.74, 6) is 0.0981. The van der Waals surface area contributed by atoms with Crippen LogP contribution in [-0.4, -0.2) is 49.4 Å². The summed E-state index contributed by atoms with van der Waals surface area (Å²) in [6, 6.07) is 8.46. The highest BCUT2D eigenvalue weighted by Crippen LogP contribution is 2.29. The first kappa shape index (κ1) is 17.8. The number of quaternary nitrogens is 1. The van der Waals surface area contributed by atoms with Crippen molar-refractivity contribution >= 4 is 40.7 Å². The molecular formula is C17H18Cl2N3O3+. The summed E-state index contributed by atoms with van der Waals surface area (Å²) < 4.78 is 5.14. The third-order valence-electron chi connectivity index (χ3n) is 4.13. The zero-order chi connectivity index (χ0) is 17.8. The first-order chi connectivity index (χ1) is 12.0. The molecule has 0 aliphatic carbocycles. The lowest BCUT2D eigenvalue weighted by atomic mass is 10.2. The Kier molecular flexibility index (Phi) is 5.63. The maximum absolute atomic E-state index is 12.2. The second-order valence-electron chi connectivity index (χ2n) is 5.85. The maximum Gasteiger partial charge on any atom is 0.289 e. The topological polar surface area (TPSA) is 67.0 Å². The molecule has 0 unspecified atom stereocenters. The van der Waals surface area contributed by atoms with Gasteiger partial charge in [0.15, 0.2) is 12.3 Å². The molecule has 0 radical (unpaired) electrons. The number of furan rings is 1. The zero-order valence-corrected chi connectivity index (χ0v) is 14.9. The van der Waals surface area contributed by atoms with Crippen LogP contribution in [0.15, 0.2) is 41.0 Å². The second kappa shape index (κ2) is 7.91. The summed E-state index contributed by atoms with van der Waals surface area (Å²) in [6.07, 6.45) is 1.49. The number of hydrogen-bond acceptors (Lipinski definition) is 3. The van der Waals surface area contributed by atoms with E-state index in [4.69, 9.17) is 27.6 Å². The minimum absolute atomic E-state index is 0.112. The first-order valence-corrected chi connectivity index (χ1v) is 8.70. The third kappa shape index (κ3) is 4.34. The van der Waals surface area contributed by atoms with Crippen LogP contribution in [0, 0.1) is 0 Å². The molecule has 0 saturated carbocycles. The van der Waals surface area contributed by atoms with E-state index in [0.717, 1.165) is 4.90 Å². The molecule has 2 amide bonds. The molecule has 0 spiro atoms. The highest BCUT2D eigenvalue weighted by atomic mass is 35.5. The minimum atomic E-state index is -0.134. The van der Waals surface area contributed by atoms with Crippen LogP contribution in [0.2, 0.25) is 10.0 Å². The molecule has 2 N–H and O–H groups in total. The molecule has 1 saturated heterocycles. The molecule has 1 fully saturated rings. The molecule has 2 heterocycles. The smallest absolute Gasteiger partial charge is 0.289 e. The molecule has 6 nitrogen and oxygen atoms in total. The van der Waals surface area contributed by atoms with Crippen molar-refractivity contribution in [3.8, 4) is 0 Å². The highest BCUT2D eigenvalue weighted by molar-refractivity contribution is 6.43. The summed E-state index contributed by atoms with van der Waals surface area (Å²) in [4.78, 5) is 27.3. The number of rotatable bonds is 4. The van der Waals surface area contributed by atoms with Gasteiger partial charge in [-0.25, -0.2) is 0 Å². The van der Waals surface area contributed by atoms with Crippen LogP contribution < -0.4 is 10.2 Å². The Morgan fingerprint density at radius 2 is 1.92 bits per heavy atom. The average molecular weight is 383 g/mol. The number of nitrogens with zero attached hydrogens (tertiary/aromatic N) is 1. The maximum atomic E-state index is 12.2. The Hall–Kier alpha value is -2.02. The van der Waals surface area contributed by atoms with Gasteiger partial charge in [0, 0.05) is 0 Å². The zero-order valence-electron chi connectivity index (χ0n) is 13.4. The number of amides is 2. The van der Waals surface area contributed by atoms with Crippen molar-refractivity contribution in [1.29, 1.82) is 0 Å². The van der Waals surface area contributed by atoms with E-state index in [1.807, 2.05) is 0 Å². The Balaban J connectivity index is 1.49. The van der Waals surface area contributed by atoms with Crippen molar-refractivity contribution in [2.24, 2.45) is 0 Å². The molecule has 1 aromatic heterocycles. The lowest BCUT2D eigenvalue weighted by molar-refractivity contribution is -0.895. The van der Waals surface area contributed by atoms with E-state index in [0.29, 0.717) is 54.2 Å². The van der Waals surface area contributed by atoms with E-state index < -0.39 is 0 Å². The van der Waals surface area contributed by atoms with Gasteiger partial charge in [-0.2, -0.15) is 0 Å². The van der Waals surface area contributed by atoms with Gasteiger partial charge < -0.3 is 19.5 Å². The molecule has 1 aliphatic heterocycles. The van der Waals surface area contributed by atoms with E-state index in [-0.39, 0.29) is 11.8 Å². The molecule has 1 aliphatic rings. The predicted octanol–water partition coefficient (Wildman–Crippen LogP) is 1.57. The molecule has 0 atom stereocenters. The summed E-state index contributed by atoms with van der Waals surface area (Å²) in [7, 11) is 0. The van der Waals surface area contributed by atoms with Crippen molar-refractivity contribution in [2.75, 3.05) is 38.0 Å². The van der Waals surface area contributed by atoms with Gasteiger partial charge in [-0.15, -0.1) is 0 Å². The van der Waals surface area contributed by atoms with Crippen LogP contribution in [0.4, 0.5) is 5.69 Å². The number of hydrogen-bond donors (Lipinski definition) is 2. The van der Waals surface area contributed by atoms with Crippen molar-refractivity contribution in [2.45, 2.75) is 0 Å². The lowest BCUT2D eigenvalue weighted by Crippen LogP contribution is -3.15. The summed E-state index contributed by atoms with van der Waals surface area (Å²) in [5.41, 5.74) is 0.505. The third-order valence-corrected chi connectivity index (χ3v) is 4.94. The number of nitrogens with one attached hydrogen (secondary N) is 2. The number of benzene rings is 1. The second-order valence-corrected chi connectivity index (χ2v) is 6.63. The van der Waals surface area contributed by atoms with E-state index >= 15 is 0 Å². The van der Waals surface area contributed by atoms with Crippen LogP contribution in [-0.2, 0) is 4.79 Å². The normalized spacial score (nSPS) is 15.2. The predicted molar refractivity (Wildman–Crippen MR) is 95.3 cm³/mol. The molecule has 132 valence electrons. The van der Waals surface area contributed by atoms with Gasteiger partial charge in [-0.3, -0.25) is 9.59 Å². The van der Waals surface area contributed by atoms with Gasteiger partial charge in [0.1, 0.15) is 0 Å². The fourth-order valence-electron chi connectivity index (χ4n) is 2.78. The van der Waals surface area contributed by atoms with Crippen LogP contribution in [0.5, 0.6) is 0 Å². The molecule has 2 aromatic rings. The summed E-state index contributed by atoms with van der Waals surface area (Å²) in [6.45, 7) is 2.87. The fraction of sp³-hybridized carbons (Fsp3) is 0.294. The van der Waals surface area contributed by atoms with E-state index in [1.165, 1.54) is 6.26 Å². The van der Waals surface area contributed by atoms with Crippen LogP contribution in [0.3, 0.4) is 0 Å². The standard InChI is InChI=1S/C17H17Cl2N3O3/c18-12-3-1-4-13(16(12)19)20-15(23)11-21-6-8-22(9-7-21)17(24)14-5-2-10-25-14/h1-5,10H,6-9,11H2,(H,20,23)/p+1. The van der Waals surface area contributed by atoms with Gasteiger partial charge in [0.2, 0.25) is 0 Å². The highest BCUT2D eigenvalue weighted by Gasteiger charge is 2.27. The summed E-state index contributed by atoms with van der Waals surface area (Å²) in [5, 5.41) is 3.52. The van der Waals surface area contributed by atoms with Gasteiger partial charge >= 0.3 is 0 Å². The monoisotopic (exact) mass is 382 g/mol. The Morgan fingerprint density at radius 3 is 2.60 bits per heavy atom. The number of carbonyl (C=O) groups excluding carboxylic acids is 2. The minimum Gasteiger partial charge on any atom is -0.459 e. The van der Waals surface area contributed by atoms with Crippen LogP contribution in [0.25, 0.3) is 0 Å². The van der Waals surface area contributed by atoms with E-state index in [2.05, 4.69) is 5.32 Å². The SMILES string of the molecule is O=C(C[NH+]1CCN(C(=O)c2ccco2)CC1)Nc1cccc(Cl)c1Cl. The Morgan fingerprint density at radius 1 is 1.16 bits per heavy atom. The molecule has 3 rings (SSSR count). The quantitative estimate of drug-likeness (QED) is 0.843. The van der Waals surface area contributed by atoms with Crippen molar-refractivity contribution in [3.05, 3.63) is 52.4 Å². The van der Waals surface area contributed by atoms with Crippen molar-refractivity contribution < 1.29 is 18.9 Å². The Bertz CT molecular complexity index is 757.